The second-order valence-corrected chi connectivity index (χ2v) is 4.62. The van der Waals surface area contributed by atoms with Crippen molar-refractivity contribution in [2.75, 3.05) is 19.0 Å². The van der Waals surface area contributed by atoms with Crippen LogP contribution in [0, 0.1) is 0 Å². The van der Waals surface area contributed by atoms with Gasteiger partial charge in [0, 0.05) is 18.5 Å². The van der Waals surface area contributed by atoms with Crippen LogP contribution in [0.25, 0.3) is 0 Å². The first-order valence-electron chi connectivity index (χ1n) is 5.48. The standard InChI is InChI=1S/C12H14Cl2N2O3/c1-7(17)16-11(12(18)19-2)6-15-10-5-8(13)3-4-9(10)14/h3-5,11,15H,6H2,1-2H3,(H,16,17). The highest BCUT2D eigenvalue weighted by molar-refractivity contribution is 6.35. The van der Waals surface area contributed by atoms with Gasteiger partial charge in [-0.25, -0.2) is 4.79 Å². The van der Waals surface area contributed by atoms with Gasteiger partial charge >= 0.3 is 5.97 Å². The van der Waals surface area contributed by atoms with E-state index >= 15 is 0 Å². The molecule has 0 saturated carbocycles. The highest BCUT2D eigenvalue weighted by Crippen LogP contribution is 2.25. The van der Waals surface area contributed by atoms with Crippen molar-refractivity contribution in [1.82, 2.24) is 5.32 Å². The predicted molar refractivity (Wildman–Crippen MR) is 74.6 cm³/mol. The van der Waals surface area contributed by atoms with Gasteiger partial charge in [-0.05, 0) is 18.2 Å². The van der Waals surface area contributed by atoms with E-state index in [-0.39, 0.29) is 12.5 Å². The first-order valence-corrected chi connectivity index (χ1v) is 6.23. The zero-order chi connectivity index (χ0) is 14.4. The smallest absolute Gasteiger partial charge is 0.330 e. The lowest BCUT2D eigenvalue weighted by atomic mass is 10.2. The highest BCUT2D eigenvalue weighted by atomic mass is 35.5. The van der Waals surface area contributed by atoms with Gasteiger partial charge in [-0.1, -0.05) is 23.2 Å². The maximum atomic E-state index is 11.5. The largest absolute Gasteiger partial charge is 0.467 e. The Balaban J connectivity index is 2.72. The molecular formula is C12H14Cl2N2O3. The molecule has 0 aliphatic rings. The van der Waals surface area contributed by atoms with Crippen LogP contribution in [-0.4, -0.2) is 31.6 Å². The Kier molecular flexibility index (Phi) is 5.92. The molecule has 0 bridgehead atoms. The van der Waals surface area contributed by atoms with Gasteiger partial charge in [0.15, 0.2) is 0 Å². The summed E-state index contributed by atoms with van der Waals surface area (Å²) in [5.74, 6) is -0.866. The predicted octanol–water partition coefficient (Wildman–Crippen LogP) is 2.08. The fourth-order valence-electron chi connectivity index (χ4n) is 1.43. The molecule has 0 spiro atoms. The number of carbonyl (C=O) groups excluding carboxylic acids is 2. The van der Waals surface area contributed by atoms with Crippen molar-refractivity contribution in [3.8, 4) is 0 Å². The number of hydrogen-bond acceptors (Lipinski definition) is 4. The number of amides is 1. The number of methoxy groups -OCH3 is 1. The van der Waals surface area contributed by atoms with Gasteiger partial charge in [0.25, 0.3) is 0 Å². The molecule has 104 valence electrons. The Morgan fingerprint density at radius 3 is 2.63 bits per heavy atom. The van der Waals surface area contributed by atoms with E-state index in [1.54, 1.807) is 18.2 Å². The number of rotatable bonds is 5. The van der Waals surface area contributed by atoms with Crippen molar-refractivity contribution in [1.29, 1.82) is 0 Å². The van der Waals surface area contributed by atoms with Gasteiger partial charge in [-0.2, -0.15) is 0 Å². The maximum absolute atomic E-state index is 11.5. The average Bonchev–Trinajstić information content (AvgIpc) is 2.36. The summed E-state index contributed by atoms with van der Waals surface area (Å²) in [5.41, 5.74) is 0.577. The summed E-state index contributed by atoms with van der Waals surface area (Å²) in [6, 6.07) is 4.13. The van der Waals surface area contributed by atoms with Crippen LogP contribution in [-0.2, 0) is 14.3 Å². The third-order valence-electron chi connectivity index (χ3n) is 2.29. The molecule has 1 amide bonds. The van der Waals surface area contributed by atoms with E-state index < -0.39 is 12.0 Å². The Morgan fingerprint density at radius 2 is 2.05 bits per heavy atom. The van der Waals surface area contributed by atoms with Crippen LogP contribution in [0.15, 0.2) is 18.2 Å². The normalized spacial score (nSPS) is 11.6. The van der Waals surface area contributed by atoms with Crippen LogP contribution in [0.2, 0.25) is 10.0 Å². The van der Waals surface area contributed by atoms with Gasteiger partial charge in [-0.15, -0.1) is 0 Å². The monoisotopic (exact) mass is 304 g/mol. The van der Waals surface area contributed by atoms with Crippen LogP contribution in [0.1, 0.15) is 6.92 Å². The van der Waals surface area contributed by atoms with Gasteiger partial charge in [0.2, 0.25) is 5.91 Å². The number of carbonyl (C=O) groups is 2. The van der Waals surface area contributed by atoms with E-state index in [0.29, 0.717) is 15.7 Å². The van der Waals surface area contributed by atoms with Crippen molar-refractivity contribution in [3.63, 3.8) is 0 Å². The molecule has 0 heterocycles. The lowest BCUT2D eigenvalue weighted by Gasteiger charge is -2.17. The van der Waals surface area contributed by atoms with E-state index in [1.807, 2.05) is 0 Å². The SMILES string of the molecule is COC(=O)C(CNc1cc(Cl)ccc1Cl)NC(C)=O. The van der Waals surface area contributed by atoms with Crippen molar-refractivity contribution in [2.24, 2.45) is 0 Å². The summed E-state index contributed by atoms with van der Waals surface area (Å²) in [5, 5.41) is 6.41. The van der Waals surface area contributed by atoms with Crippen LogP contribution in [0.5, 0.6) is 0 Å². The Bertz CT molecular complexity index is 480. The number of nitrogens with one attached hydrogen (secondary N) is 2. The molecule has 2 N–H and O–H groups in total. The summed E-state index contributed by atoms with van der Waals surface area (Å²) < 4.78 is 4.60. The van der Waals surface area contributed by atoms with E-state index in [9.17, 15) is 9.59 Å². The number of esters is 1. The Morgan fingerprint density at radius 1 is 1.37 bits per heavy atom. The highest BCUT2D eigenvalue weighted by Gasteiger charge is 2.20. The summed E-state index contributed by atoms with van der Waals surface area (Å²) in [4.78, 5) is 22.5. The zero-order valence-corrected chi connectivity index (χ0v) is 12.0. The summed E-state index contributed by atoms with van der Waals surface area (Å²) >= 11 is 11.8. The van der Waals surface area contributed by atoms with Crippen molar-refractivity contribution in [2.45, 2.75) is 13.0 Å². The van der Waals surface area contributed by atoms with E-state index in [1.165, 1.54) is 14.0 Å². The molecule has 5 nitrogen and oxygen atoms in total. The lowest BCUT2D eigenvalue weighted by Crippen LogP contribution is -2.45. The Labute approximate surface area is 121 Å². The molecule has 1 unspecified atom stereocenters. The van der Waals surface area contributed by atoms with E-state index in [4.69, 9.17) is 23.2 Å². The molecule has 1 aromatic carbocycles. The Hall–Kier alpha value is -1.46. The molecule has 1 aromatic rings. The maximum Gasteiger partial charge on any atom is 0.330 e. The molecule has 1 rings (SSSR count). The summed E-state index contributed by atoms with van der Waals surface area (Å²) in [6.07, 6.45) is 0. The number of benzene rings is 1. The summed E-state index contributed by atoms with van der Waals surface area (Å²) in [7, 11) is 1.25. The minimum absolute atomic E-state index is 0.145. The third-order valence-corrected chi connectivity index (χ3v) is 2.85. The molecular weight excluding hydrogens is 291 g/mol. The molecule has 0 fully saturated rings. The van der Waals surface area contributed by atoms with E-state index in [2.05, 4.69) is 15.4 Å². The zero-order valence-electron chi connectivity index (χ0n) is 10.5. The van der Waals surface area contributed by atoms with Crippen LogP contribution >= 0.6 is 23.2 Å². The number of anilines is 1. The molecule has 19 heavy (non-hydrogen) atoms. The van der Waals surface area contributed by atoms with Crippen molar-refractivity contribution >= 4 is 40.8 Å². The van der Waals surface area contributed by atoms with Gasteiger partial charge in [0.1, 0.15) is 6.04 Å². The summed E-state index contributed by atoms with van der Waals surface area (Å²) in [6.45, 7) is 1.47. The minimum atomic E-state index is -0.794. The molecule has 0 aromatic heterocycles. The van der Waals surface area contributed by atoms with Gasteiger partial charge in [-0.3, -0.25) is 4.79 Å². The quantitative estimate of drug-likeness (QED) is 0.817. The fraction of sp³-hybridized carbons (Fsp3) is 0.333. The van der Waals surface area contributed by atoms with Gasteiger partial charge in [0.05, 0.1) is 17.8 Å². The van der Waals surface area contributed by atoms with Gasteiger partial charge < -0.3 is 15.4 Å². The van der Waals surface area contributed by atoms with Crippen molar-refractivity contribution in [3.05, 3.63) is 28.2 Å². The second kappa shape index (κ2) is 7.21. The van der Waals surface area contributed by atoms with Crippen molar-refractivity contribution < 1.29 is 14.3 Å². The topological polar surface area (TPSA) is 67.4 Å². The lowest BCUT2D eigenvalue weighted by molar-refractivity contribution is -0.144. The number of halogens is 2. The molecule has 0 saturated heterocycles. The average molecular weight is 305 g/mol. The molecule has 0 aliphatic carbocycles. The molecule has 1 atom stereocenters. The van der Waals surface area contributed by atoms with Crippen LogP contribution in [0.3, 0.4) is 0 Å². The first kappa shape index (κ1) is 15.6. The molecule has 0 radical (unpaired) electrons. The number of ether oxygens (including phenoxy) is 1. The molecule has 0 aliphatic heterocycles. The number of hydrogen-bond donors (Lipinski definition) is 2. The third kappa shape index (κ3) is 4.96. The second-order valence-electron chi connectivity index (χ2n) is 3.78. The first-order chi connectivity index (χ1) is 8.93. The van der Waals surface area contributed by atoms with Crippen LogP contribution in [0.4, 0.5) is 5.69 Å². The molecule has 7 heteroatoms. The fourth-order valence-corrected chi connectivity index (χ4v) is 1.78. The van der Waals surface area contributed by atoms with E-state index in [0.717, 1.165) is 0 Å². The van der Waals surface area contributed by atoms with Crippen LogP contribution < -0.4 is 10.6 Å². The minimum Gasteiger partial charge on any atom is -0.467 e.